The minimum absolute atomic E-state index is 0.0261. The highest BCUT2D eigenvalue weighted by molar-refractivity contribution is 9.10. The number of ether oxygens (including phenoxy) is 2. The van der Waals surface area contributed by atoms with Crippen molar-refractivity contribution in [3.63, 3.8) is 0 Å². The number of fused-ring (bicyclic) bond motifs is 1. The molecule has 0 fully saturated rings. The van der Waals surface area contributed by atoms with E-state index in [1.54, 1.807) is 0 Å². The fourth-order valence-electron chi connectivity index (χ4n) is 5.34. The molecule has 4 aromatic carbocycles. The van der Waals surface area contributed by atoms with Crippen molar-refractivity contribution in [3.05, 3.63) is 118 Å². The Balaban J connectivity index is 1.56. The highest BCUT2D eigenvalue weighted by Crippen LogP contribution is 2.34. The Morgan fingerprint density at radius 1 is 0.896 bits per heavy atom. The van der Waals surface area contributed by atoms with Crippen molar-refractivity contribution in [3.8, 4) is 11.5 Å². The summed E-state index contributed by atoms with van der Waals surface area (Å²) in [4.78, 5) is 29.7. The quantitative estimate of drug-likeness (QED) is 0.157. The first-order valence-electron chi connectivity index (χ1n) is 15.7. The van der Waals surface area contributed by atoms with Crippen molar-refractivity contribution in [1.29, 1.82) is 0 Å². The van der Waals surface area contributed by atoms with Crippen LogP contribution in [-0.4, -0.2) is 57.5 Å². The summed E-state index contributed by atoms with van der Waals surface area (Å²) in [7, 11) is -4.41. The normalized spacial score (nSPS) is 13.0. The van der Waals surface area contributed by atoms with Gasteiger partial charge in [0.25, 0.3) is 10.0 Å². The van der Waals surface area contributed by atoms with Gasteiger partial charge in [0.2, 0.25) is 11.8 Å². The third-order valence-corrected chi connectivity index (χ3v) is 10.1. The molecule has 1 N–H and O–H groups in total. The first-order valence-corrected chi connectivity index (χ1v) is 17.9. The van der Waals surface area contributed by atoms with Gasteiger partial charge in [-0.1, -0.05) is 71.7 Å². The Kier molecular flexibility index (Phi) is 11.7. The van der Waals surface area contributed by atoms with Crippen LogP contribution in [0.3, 0.4) is 0 Å². The zero-order valence-corrected chi connectivity index (χ0v) is 28.9. The topological polar surface area (TPSA) is 105 Å². The number of sulfonamides is 1. The third-order valence-electron chi connectivity index (χ3n) is 7.84. The lowest BCUT2D eigenvalue weighted by Crippen LogP contribution is -2.53. The van der Waals surface area contributed by atoms with Gasteiger partial charge in [-0.3, -0.25) is 13.9 Å². The third kappa shape index (κ3) is 8.73. The summed E-state index contributed by atoms with van der Waals surface area (Å²) < 4.78 is 55.6. The Morgan fingerprint density at radius 3 is 2.31 bits per heavy atom. The number of nitrogens with one attached hydrogen (secondary N) is 1. The molecule has 0 spiro atoms. The number of hydrogen-bond acceptors (Lipinski definition) is 6. The lowest BCUT2D eigenvalue weighted by Gasteiger charge is -2.34. The number of rotatable bonds is 14. The summed E-state index contributed by atoms with van der Waals surface area (Å²) in [6.45, 7) is 2.40. The molecule has 1 aliphatic heterocycles. The van der Waals surface area contributed by atoms with Crippen LogP contribution < -0.4 is 19.1 Å². The minimum atomic E-state index is -4.41. The minimum Gasteiger partial charge on any atom is -0.486 e. The van der Waals surface area contributed by atoms with Crippen molar-refractivity contribution in [1.82, 2.24) is 10.2 Å². The van der Waals surface area contributed by atoms with E-state index in [-0.39, 0.29) is 41.8 Å². The number of nitrogens with zero attached hydrogens (tertiary/aromatic N) is 2. The average molecular weight is 739 g/mol. The first-order chi connectivity index (χ1) is 23.2. The molecular weight excluding hydrogens is 701 g/mol. The molecule has 0 bridgehead atoms. The zero-order chi connectivity index (χ0) is 34.1. The van der Waals surface area contributed by atoms with Crippen LogP contribution in [0.4, 0.5) is 10.1 Å². The molecule has 2 amide bonds. The molecule has 0 saturated heterocycles. The van der Waals surface area contributed by atoms with E-state index in [1.807, 2.05) is 61.5 Å². The van der Waals surface area contributed by atoms with Gasteiger partial charge in [-0.25, -0.2) is 12.8 Å². The molecule has 0 radical (unpaired) electrons. The Morgan fingerprint density at radius 2 is 1.60 bits per heavy atom. The average Bonchev–Trinajstić information content (AvgIpc) is 3.09. The lowest BCUT2D eigenvalue weighted by molar-refractivity contribution is -0.140. The number of halogens is 2. The summed E-state index contributed by atoms with van der Waals surface area (Å²) in [6.07, 6.45) is 1.83. The van der Waals surface area contributed by atoms with Crippen LogP contribution in [0.5, 0.6) is 11.5 Å². The second-order valence-corrected chi connectivity index (χ2v) is 14.1. The first kappa shape index (κ1) is 34.9. The molecule has 0 aromatic heterocycles. The molecule has 252 valence electrons. The zero-order valence-electron chi connectivity index (χ0n) is 26.5. The van der Waals surface area contributed by atoms with Gasteiger partial charge in [0.05, 0.1) is 10.6 Å². The second-order valence-electron chi connectivity index (χ2n) is 11.3. The molecular formula is C36H37BrFN3O6S. The van der Waals surface area contributed by atoms with Crippen LogP contribution >= 0.6 is 15.9 Å². The van der Waals surface area contributed by atoms with E-state index in [0.717, 1.165) is 44.9 Å². The Bertz CT molecular complexity index is 1830. The number of hydrogen-bond donors (Lipinski definition) is 1. The van der Waals surface area contributed by atoms with Gasteiger partial charge in [0.1, 0.15) is 31.6 Å². The standard InChI is InChI=1S/C36H37BrFN3O6S/c1-2-3-18-39-36(43)32(22-26-8-5-4-6-9-26)40(24-27-10-7-11-28(37)21-27)35(42)25-41(30-14-12-29(38)13-15-30)48(44,45)31-16-17-33-34(23-31)47-20-19-46-33/h4-17,21,23,32H,2-3,18-20,22,24-25H2,1H3,(H,39,43)/t32-/m0/s1. The molecule has 4 aromatic rings. The number of amides is 2. The van der Waals surface area contributed by atoms with Crippen LogP contribution in [0.1, 0.15) is 30.9 Å². The van der Waals surface area contributed by atoms with Crippen LogP contribution in [0.25, 0.3) is 0 Å². The van der Waals surface area contributed by atoms with E-state index in [1.165, 1.54) is 35.2 Å². The van der Waals surface area contributed by atoms with E-state index in [9.17, 15) is 22.4 Å². The maximum atomic E-state index is 14.6. The second kappa shape index (κ2) is 16.1. The summed E-state index contributed by atoms with van der Waals surface area (Å²) in [5.41, 5.74) is 1.65. The van der Waals surface area contributed by atoms with Crippen LogP contribution in [0.2, 0.25) is 0 Å². The predicted molar refractivity (Wildman–Crippen MR) is 185 cm³/mol. The lowest BCUT2D eigenvalue weighted by atomic mass is 10.0. The largest absolute Gasteiger partial charge is 0.486 e. The molecule has 48 heavy (non-hydrogen) atoms. The monoisotopic (exact) mass is 737 g/mol. The van der Waals surface area contributed by atoms with Gasteiger partial charge in [-0.15, -0.1) is 0 Å². The summed E-state index contributed by atoms with van der Waals surface area (Å²) >= 11 is 3.49. The van der Waals surface area contributed by atoms with E-state index < -0.39 is 34.3 Å². The van der Waals surface area contributed by atoms with Crippen molar-refractivity contribution >= 4 is 43.5 Å². The smallest absolute Gasteiger partial charge is 0.264 e. The van der Waals surface area contributed by atoms with Gasteiger partial charge in [0.15, 0.2) is 11.5 Å². The number of carbonyl (C=O) groups excluding carboxylic acids is 2. The predicted octanol–water partition coefficient (Wildman–Crippen LogP) is 6.11. The summed E-state index contributed by atoms with van der Waals surface area (Å²) in [5, 5.41) is 2.97. The molecule has 1 aliphatic rings. The molecule has 9 nitrogen and oxygen atoms in total. The fourth-order valence-corrected chi connectivity index (χ4v) is 7.22. The SMILES string of the molecule is CCCCNC(=O)[C@H](Cc1ccccc1)N(Cc1cccc(Br)c1)C(=O)CN(c1ccc(F)cc1)S(=O)(=O)c1ccc2c(c1)OCCO2. The van der Waals surface area contributed by atoms with Crippen molar-refractivity contribution in [2.45, 2.75) is 43.7 Å². The fraction of sp³-hybridized carbons (Fsp3) is 0.278. The van der Waals surface area contributed by atoms with Gasteiger partial charge >= 0.3 is 0 Å². The Labute approximate surface area is 288 Å². The molecule has 0 unspecified atom stereocenters. The van der Waals surface area contributed by atoms with Crippen molar-refractivity contribution < 1.29 is 31.9 Å². The Hall–Kier alpha value is -4.42. The van der Waals surface area contributed by atoms with Crippen LogP contribution in [0.15, 0.2) is 106 Å². The molecule has 0 saturated carbocycles. The van der Waals surface area contributed by atoms with Gasteiger partial charge in [-0.2, -0.15) is 0 Å². The maximum absolute atomic E-state index is 14.6. The molecule has 0 aliphatic carbocycles. The van der Waals surface area contributed by atoms with Gasteiger partial charge in [0, 0.05) is 30.0 Å². The summed E-state index contributed by atoms with van der Waals surface area (Å²) in [6, 6.07) is 24.8. The summed E-state index contributed by atoms with van der Waals surface area (Å²) in [5.74, 6) is -0.867. The van der Waals surface area contributed by atoms with Crippen molar-refractivity contribution in [2.75, 3.05) is 30.6 Å². The molecule has 1 heterocycles. The van der Waals surface area contributed by atoms with Crippen LogP contribution in [0, 0.1) is 5.82 Å². The van der Waals surface area contributed by atoms with E-state index in [2.05, 4.69) is 21.2 Å². The maximum Gasteiger partial charge on any atom is 0.264 e. The number of benzene rings is 4. The van der Waals surface area contributed by atoms with Crippen LogP contribution in [-0.2, 0) is 32.6 Å². The van der Waals surface area contributed by atoms with E-state index in [0.29, 0.717) is 18.9 Å². The van der Waals surface area contributed by atoms with Crippen molar-refractivity contribution in [2.24, 2.45) is 0 Å². The highest BCUT2D eigenvalue weighted by atomic mass is 79.9. The molecule has 12 heteroatoms. The number of carbonyl (C=O) groups is 2. The van der Waals surface area contributed by atoms with Gasteiger partial charge in [-0.05, 0) is 66.1 Å². The van der Waals surface area contributed by atoms with Gasteiger partial charge < -0.3 is 19.7 Å². The number of anilines is 1. The number of unbranched alkanes of at least 4 members (excludes halogenated alkanes) is 1. The van der Waals surface area contributed by atoms with E-state index >= 15 is 0 Å². The molecule has 5 rings (SSSR count). The highest BCUT2D eigenvalue weighted by Gasteiger charge is 2.35. The van der Waals surface area contributed by atoms with E-state index in [4.69, 9.17) is 9.47 Å². The molecule has 1 atom stereocenters.